The van der Waals surface area contributed by atoms with Crippen molar-refractivity contribution in [3.8, 4) is 0 Å². The number of nitrogens with one attached hydrogen (secondary N) is 1. The molecule has 1 rings (SSSR count). The van der Waals surface area contributed by atoms with Gasteiger partial charge in [0.15, 0.2) is 5.69 Å². The zero-order valence-electron chi connectivity index (χ0n) is 9.36. The summed E-state index contributed by atoms with van der Waals surface area (Å²) in [5.41, 5.74) is -1.16. The topological polar surface area (TPSA) is 67.2 Å². The maximum Gasteiger partial charge on any atom is 0.435 e. The quantitative estimate of drug-likeness (QED) is 0.781. The van der Waals surface area contributed by atoms with Crippen molar-refractivity contribution in [3.63, 3.8) is 0 Å². The van der Waals surface area contributed by atoms with E-state index in [0.717, 1.165) is 6.20 Å². The molecule has 1 aromatic rings. The average Bonchev–Trinajstić information content (AvgIpc) is 2.73. The van der Waals surface area contributed by atoms with Crippen molar-refractivity contribution in [2.75, 3.05) is 6.54 Å². The molecule has 0 radical (unpaired) electrons. The zero-order valence-corrected chi connectivity index (χ0v) is 9.36. The number of amides is 1. The number of carbonyl (C=O) groups is 1. The molecule has 1 atom stereocenters. The van der Waals surface area contributed by atoms with Crippen molar-refractivity contribution < 1.29 is 31.9 Å². The molecule has 0 aliphatic rings. The van der Waals surface area contributed by atoms with Gasteiger partial charge in [-0.25, -0.2) is 8.78 Å². The van der Waals surface area contributed by atoms with Crippen molar-refractivity contribution >= 4 is 5.91 Å². The largest absolute Gasteiger partial charge is 0.435 e. The van der Waals surface area contributed by atoms with E-state index in [4.69, 9.17) is 5.11 Å². The SMILES string of the molecule is O=C(Cn1ccc(C(F)(F)F)n1)NCC(O)C(F)F. The average molecular weight is 287 g/mol. The van der Waals surface area contributed by atoms with Crippen LogP contribution in [0.1, 0.15) is 5.69 Å². The van der Waals surface area contributed by atoms with E-state index in [2.05, 4.69) is 5.10 Å². The molecule has 108 valence electrons. The maximum atomic E-state index is 12.2. The van der Waals surface area contributed by atoms with E-state index in [-0.39, 0.29) is 0 Å². The Morgan fingerprint density at radius 1 is 1.47 bits per heavy atom. The van der Waals surface area contributed by atoms with Crippen LogP contribution in [0.15, 0.2) is 12.3 Å². The van der Waals surface area contributed by atoms with Gasteiger partial charge < -0.3 is 10.4 Å². The number of hydrogen-bond acceptors (Lipinski definition) is 3. The highest BCUT2D eigenvalue weighted by Gasteiger charge is 2.33. The molecule has 2 N–H and O–H groups in total. The Morgan fingerprint density at radius 3 is 2.58 bits per heavy atom. The second-order valence-corrected chi connectivity index (χ2v) is 3.60. The van der Waals surface area contributed by atoms with E-state index in [1.165, 1.54) is 0 Å². The molecule has 19 heavy (non-hydrogen) atoms. The van der Waals surface area contributed by atoms with E-state index < -0.39 is 43.4 Å². The number of aliphatic hydroxyl groups is 1. The lowest BCUT2D eigenvalue weighted by molar-refractivity contribution is -0.141. The molecule has 0 aliphatic heterocycles. The van der Waals surface area contributed by atoms with Crippen molar-refractivity contribution in [2.24, 2.45) is 0 Å². The Kier molecular flexibility index (Phi) is 4.81. The van der Waals surface area contributed by atoms with E-state index in [9.17, 15) is 26.7 Å². The Morgan fingerprint density at radius 2 is 2.11 bits per heavy atom. The van der Waals surface area contributed by atoms with E-state index in [1.807, 2.05) is 5.32 Å². The first-order chi connectivity index (χ1) is 8.70. The van der Waals surface area contributed by atoms with Crippen LogP contribution >= 0.6 is 0 Å². The lowest BCUT2D eigenvalue weighted by atomic mass is 10.3. The summed E-state index contributed by atoms with van der Waals surface area (Å²) >= 11 is 0. The Labute approximate surface area is 104 Å². The molecule has 0 spiro atoms. The van der Waals surface area contributed by atoms with Crippen LogP contribution in [0, 0.1) is 0 Å². The van der Waals surface area contributed by atoms with Crippen molar-refractivity contribution in [1.29, 1.82) is 0 Å². The first-order valence-electron chi connectivity index (χ1n) is 5.03. The maximum absolute atomic E-state index is 12.2. The van der Waals surface area contributed by atoms with Gasteiger partial charge in [-0.1, -0.05) is 0 Å². The summed E-state index contributed by atoms with van der Waals surface area (Å²) in [6.07, 6.45) is -8.71. The minimum Gasteiger partial charge on any atom is -0.385 e. The van der Waals surface area contributed by atoms with Crippen LogP contribution in [0.5, 0.6) is 0 Å². The Balaban J connectivity index is 2.47. The monoisotopic (exact) mass is 287 g/mol. The molecule has 1 heterocycles. The summed E-state index contributed by atoms with van der Waals surface area (Å²) in [5, 5.41) is 13.8. The van der Waals surface area contributed by atoms with Crippen LogP contribution in [0.25, 0.3) is 0 Å². The summed E-state index contributed by atoms with van der Waals surface area (Å²) in [6.45, 7) is -1.25. The van der Waals surface area contributed by atoms with Crippen LogP contribution in [0.3, 0.4) is 0 Å². The molecule has 1 amide bonds. The third-order valence-corrected chi connectivity index (χ3v) is 2.04. The lowest BCUT2D eigenvalue weighted by Crippen LogP contribution is -2.37. The van der Waals surface area contributed by atoms with E-state index in [1.54, 1.807) is 0 Å². The van der Waals surface area contributed by atoms with Crippen LogP contribution in [0.4, 0.5) is 22.0 Å². The van der Waals surface area contributed by atoms with Crippen molar-refractivity contribution in [3.05, 3.63) is 18.0 Å². The summed E-state index contributed by atoms with van der Waals surface area (Å²) in [5.74, 6) is -0.837. The van der Waals surface area contributed by atoms with Crippen molar-refractivity contribution in [1.82, 2.24) is 15.1 Å². The fourth-order valence-electron chi connectivity index (χ4n) is 1.11. The van der Waals surface area contributed by atoms with Gasteiger partial charge in [0, 0.05) is 12.7 Å². The Bertz CT molecular complexity index is 432. The molecule has 10 heteroatoms. The predicted octanol–water partition coefficient (Wildman–Crippen LogP) is 0.644. The molecule has 0 aliphatic carbocycles. The van der Waals surface area contributed by atoms with Crippen LogP contribution < -0.4 is 5.32 Å². The molecular formula is C9H10F5N3O2. The minimum atomic E-state index is -4.62. The molecule has 0 saturated carbocycles. The molecule has 1 aromatic heterocycles. The molecule has 0 fully saturated rings. The minimum absolute atomic E-state index is 0.563. The number of rotatable bonds is 5. The summed E-state index contributed by atoms with van der Waals surface area (Å²) in [4.78, 5) is 11.2. The van der Waals surface area contributed by atoms with Crippen LogP contribution in [-0.2, 0) is 17.5 Å². The highest BCUT2D eigenvalue weighted by atomic mass is 19.4. The van der Waals surface area contributed by atoms with Gasteiger partial charge in [0.1, 0.15) is 12.6 Å². The number of carbonyl (C=O) groups excluding carboxylic acids is 1. The van der Waals surface area contributed by atoms with Crippen molar-refractivity contribution in [2.45, 2.75) is 25.3 Å². The lowest BCUT2D eigenvalue weighted by Gasteiger charge is -2.10. The van der Waals surface area contributed by atoms with Gasteiger partial charge >= 0.3 is 6.18 Å². The number of halogens is 5. The fraction of sp³-hybridized carbons (Fsp3) is 0.556. The molecule has 0 bridgehead atoms. The normalized spacial score (nSPS) is 13.6. The van der Waals surface area contributed by atoms with Gasteiger partial charge in [0.05, 0.1) is 0 Å². The third-order valence-electron chi connectivity index (χ3n) is 2.04. The van der Waals surface area contributed by atoms with Gasteiger partial charge in [0.2, 0.25) is 5.91 Å². The van der Waals surface area contributed by atoms with Gasteiger partial charge in [-0.15, -0.1) is 0 Å². The van der Waals surface area contributed by atoms with Gasteiger partial charge in [-0.05, 0) is 6.07 Å². The number of aliphatic hydroxyl groups excluding tert-OH is 1. The Hall–Kier alpha value is -1.71. The van der Waals surface area contributed by atoms with E-state index >= 15 is 0 Å². The third kappa shape index (κ3) is 4.81. The molecular weight excluding hydrogens is 277 g/mol. The first-order valence-corrected chi connectivity index (χ1v) is 5.03. The highest BCUT2D eigenvalue weighted by molar-refractivity contribution is 5.75. The second-order valence-electron chi connectivity index (χ2n) is 3.60. The zero-order chi connectivity index (χ0) is 14.6. The summed E-state index contributed by atoms with van der Waals surface area (Å²) < 4.78 is 61.1. The molecule has 0 aromatic carbocycles. The van der Waals surface area contributed by atoms with Gasteiger partial charge in [-0.2, -0.15) is 18.3 Å². The van der Waals surface area contributed by atoms with Crippen LogP contribution in [-0.4, -0.2) is 39.9 Å². The number of alkyl halides is 5. The fourth-order valence-corrected chi connectivity index (χ4v) is 1.11. The molecule has 1 unspecified atom stereocenters. The number of aromatic nitrogens is 2. The van der Waals surface area contributed by atoms with Gasteiger partial charge in [0.25, 0.3) is 6.43 Å². The molecule has 0 saturated heterocycles. The standard InChI is InChI=1S/C9H10F5N3O2/c10-8(11)5(18)3-15-7(19)4-17-2-1-6(16-17)9(12,13)14/h1-2,5,8,18H,3-4H2,(H,15,19). The number of hydrogen-bond donors (Lipinski definition) is 2. The smallest absolute Gasteiger partial charge is 0.385 e. The number of nitrogens with zero attached hydrogens (tertiary/aromatic N) is 2. The van der Waals surface area contributed by atoms with Crippen LogP contribution in [0.2, 0.25) is 0 Å². The summed E-state index contributed by atoms with van der Waals surface area (Å²) in [6, 6.07) is 0.682. The summed E-state index contributed by atoms with van der Waals surface area (Å²) in [7, 11) is 0. The van der Waals surface area contributed by atoms with E-state index in [0.29, 0.717) is 10.7 Å². The second kappa shape index (κ2) is 5.95. The first kappa shape index (κ1) is 15.3. The van der Waals surface area contributed by atoms with Gasteiger partial charge in [-0.3, -0.25) is 9.48 Å². The molecule has 5 nitrogen and oxygen atoms in total. The highest BCUT2D eigenvalue weighted by Crippen LogP contribution is 2.27. The predicted molar refractivity (Wildman–Crippen MR) is 52.2 cm³/mol.